The van der Waals surface area contributed by atoms with Crippen molar-refractivity contribution >= 4 is 49.2 Å². The number of ether oxygens (including phenoxy) is 2. The Bertz CT molecular complexity index is 1770. The summed E-state index contributed by atoms with van der Waals surface area (Å²) in [6.45, 7) is 0.610. The maximum absolute atomic E-state index is 14.3. The molecule has 0 aromatic heterocycles. The van der Waals surface area contributed by atoms with Gasteiger partial charge in [0.2, 0.25) is 5.90 Å². The van der Waals surface area contributed by atoms with Gasteiger partial charge in [0.1, 0.15) is 5.75 Å². The molecule has 46 heavy (non-hydrogen) atoms. The smallest absolute Gasteiger partial charge is 0.266 e. The number of nitrogens with one attached hydrogen (secondary N) is 2. The lowest BCUT2D eigenvalue weighted by atomic mass is 9.85. The van der Waals surface area contributed by atoms with Crippen LogP contribution in [0.25, 0.3) is 0 Å². The SMILES string of the molecule is O=C(NNCc1ccccc1Cl)[C@@]1(CCS(=O)(=O)c2ccccc2)N=C(c2ccc(OCCCO)cc2)O[C@H]1c1ccc(Br)cc1. The minimum atomic E-state index is -3.78. The number of sulfone groups is 1. The number of aliphatic hydroxyl groups excluding tert-OH is 1. The number of carbonyl (C=O) groups is 1. The van der Waals surface area contributed by atoms with Crippen molar-refractivity contribution in [2.45, 2.75) is 35.9 Å². The van der Waals surface area contributed by atoms with Gasteiger partial charge in [-0.3, -0.25) is 10.2 Å². The van der Waals surface area contributed by atoms with Gasteiger partial charge in [0.15, 0.2) is 21.5 Å². The highest BCUT2D eigenvalue weighted by molar-refractivity contribution is 9.10. The number of hydrogen-bond donors (Lipinski definition) is 3. The van der Waals surface area contributed by atoms with Crippen LogP contribution in [0.3, 0.4) is 0 Å². The normalized spacial score (nSPS) is 17.6. The molecule has 0 unspecified atom stereocenters. The molecular weight excluding hydrogens is 694 g/mol. The molecule has 1 aliphatic rings. The fourth-order valence-corrected chi connectivity index (χ4v) is 6.87. The number of amides is 1. The molecule has 4 aromatic rings. The van der Waals surface area contributed by atoms with E-state index in [9.17, 15) is 13.2 Å². The largest absolute Gasteiger partial charge is 0.494 e. The quantitative estimate of drug-likeness (QED) is 0.111. The Morgan fingerprint density at radius 2 is 1.67 bits per heavy atom. The molecule has 1 amide bonds. The van der Waals surface area contributed by atoms with Crippen LogP contribution >= 0.6 is 27.5 Å². The molecule has 1 aliphatic heterocycles. The Kier molecular flexibility index (Phi) is 11.1. The number of hydrogen-bond acceptors (Lipinski definition) is 8. The Balaban J connectivity index is 1.51. The highest BCUT2D eigenvalue weighted by Gasteiger charge is 2.53. The lowest BCUT2D eigenvalue weighted by molar-refractivity contribution is -0.130. The molecule has 5 rings (SSSR count). The lowest BCUT2D eigenvalue weighted by Crippen LogP contribution is -2.53. The number of hydrazine groups is 1. The van der Waals surface area contributed by atoms with Crippen LogP contribution < -0.4 is 15.6 Å². The van der Waals surface area contributed by atoms with Gasteiger partial charge >= 0.3 is 0 Å². The molecule has 0 fully saturated rings. The Hall–Kier alpha value is -3.74. The maximum atomic E-state index is 14.3. The van der Waals surface area contributed by atoms with Crippen LogP contribution in [-0.4, -0.2) is 49.8 Å². The third-order valence-electron chi connectivity index (χ3n) is 7.50. The van der Waals surface area contributed by atoms with E-state index in [-0.39, 0.29) is 36.1 Å². The first-order valence-corrected chi connectivity index (χ1v) is 17.4. The molecule has 0 aliphatic carbocycles. The van der Waals surface area contributed by atoms with Gasteiger partial charge in [0.05, 0.1) is 17.3 Å². The molecule has 240 valence electrons. The van der Waals surface area contributed by atoms with E-state index in [1.165, 1.54) is 12.1 Å². The zero-order chi connectivity index (χ0) is 32.6. The first kappa shape index (κ1) is 33.6. The molecule has 0 bridgehead atoms. The lowest BCUT2D eigenvalue weighted by Gasteiger charge is -2.30. The first-order chi connectivity index (χ1) is 22.2. The predicted octanol–water partition coefficient (Wildman–Crippen LogP) is 5.81. The number of rotatable bonds is 14. The summed E-state index contributed by atoms with van der Waals surface area (Å²) in [5.41, 5.74) is 6.02. The van der Waals surface area contributed by atoms with Crippen molar-refractivity contribution in [3.05, 3.63) is 129 Å². The van der Waals surface area contributed by atoms with E-state index in [1.807, 2.05) is 42.5 Å². The molecule has 1 heterocycles. The van der Waals surface area contributed by atoms with Crippen LogP contribution in [0.2, 0.25) is 5.02 Å². The van der Waals surface area contributed by atoms with E-state index in [4.69, 9.17) is 31.2 Å². The van der Waals surface area contributed by atoms with Crippen molar-refractivity contribution in [2.75, 3.05) is 19.0 Å². The van der Waals surface area contributed by atoms with Crippen molar-refractivity contribution in [2.24, 2.45) is 4.99 Å². The topological polar surface area (TPSA) is 126 Å². The molecule has 9 nitrogen and oxygen atoms in total. The Labute approximate surface area is 281 Å². The molecule has 3 N–H and O–H groups in total. The van der Waals surface area contributed by atoms with Crippen molar-refractivity contribution < 1.29 is 27.8 Å². The van der Waals surface area contributed by atoms with Gasteiger partial charge < -0.3 is 14.6 Å². The van der Waals surface area contributed by atoms with E-state index < -0.39 is 27.4 Å². The second kappa shape index (κ2) is 15.2. The number of aliphatic imine (C=N–C) groups is 1. The molecule has 0 spiro atoms. The third-order valence-corrected chi connectivity index (χ3v) is 10.1. The van der Waals surface area contributed by atoms with Gasteiger partial charge in [-0.25, -0.2) is 18.8 Å². The molecule has 2 atom stereocenters. The van der Waals surface area contributed by atoms with Crippen LogP contribution in [0, 0.1) is 0 Å². The summed E-state index contributed by atoms with van der Waals surface area (Å²) in [4.78, 5) is 19.3. The summed E-state index contributed by atoms with van der Waals surface area (Å²) in [5, 5.41) is 9.58. The summed E-state index contributed by atoms with van der Waals surface area (Å²) in [7, 11) is -3.78. The highest BCUT2D eigenvalue weighted by Crippen LogP contribution is 2.43. The van der Waals surface area contributed by atoms with Crippen LogP contribution in [-0.2, 0) is 25.9 Å². The molecule has 12 heteroatoms. The zero-order valence-corrected chi connectivity index (χ0v) is 27.9. The fourth-order valence-electron chi connectivity index (χ4n) is 5.01. The zero-order valence-electron chi connectivity index (χ0n) is 24.7. The predicted molar refractivity (Wildman–Crippen MR) is 180 cm³/mol. The standard InChI is InChI=1S/C34H33BrClN3O6S/c35-27-15-11-24(12-16-27)31-34(19-22-46(42,43)29-8-2-1-3-9-29,33(41)39-37-23-26-7-4-5-10-30(26)36)38-32(45-31)25-13-17-28(18-14-25)44-21-6-20-40/h1-5,7-18,31,37,40H,6,19-23H2,(H,39,41)/t31-,34-/m0/s1. The van der Waals surface area contributed by atoms with E-state index >= 15 is 0 Å². The van der Waals surface area contributed by atoms with Gasteiger partial charge in [-0.05, 0) is 65.7 Å². The summed E-state index contributed by atoms with van der Waals surface area (Å²) in [6, 6.07) is 29.7. The monoisotopic (exact) mass is 725 g/mol. The molecule has 4 aromatic carbocycles. The third kappa shape index (κ3) is 7.97. The number of halogens is 2. The minimum Gasteiger partial charge on any atom is -0.494 e. The van der Waals surface area contributed by atoms with E-state index in [0.717, 1.165) is 10.0 Å². The fraction of sp³-hybridized carbons (Fsp3) is 0.235. The van der Waals surface area contributed by atoms with Gasteiger partial charge in [-0.15, -0.1) is 0 Å². The summed E-state index contributed by atoms with van der Waals surface area (Å²) < 4.78 is 39.9. The van der Waals surface area contributed by atoms with Crippen molar-refractivity contribution in [1.29, 1.82) is 0 Å². The highest BCUT2D eigenvalue weighted by atomic mass is 79.9. The van der Waals surface area contributed by atoms with Crippen LogP contribution in [0.4, 0.5) is 0 Å². The molecular formula is C34H33BrClN3O6S. The summed E-state index contributed by atoms with van der Waals surface area (Å²) in [5.74, 6) is -0.135. The molecule has 0 saturated heterocycles. The number of aliphatic hydroxyl groups is 1. The molecule has 0 radical (unpaired) electrons. The Morgan fingerprint density at radius 3 is 2.37 bits per heavy atom. The summed E-state index contributed by atoms with van der Waals surface area (Å²) >= 11 is 9.78. The minimum absolute atomic E-state index is 0.0254. The van der Waals surface area contributed by atoms with Gasteiger partial charge in [-0.1, -0.05) is 76.1 Å². The van der Waals surface area contributed by atoms with Gasteiger partial charge in [-0.2, -0.15) is 0 Å². The van der Waals surface area contributed by atoms with E-state index in [0.29, 0.717) is 34.9 Å². The van der Waals surface area contributed by atoms with Crippen LogP contribution in [0.1, 0.15) is 35.6 Å². The van der Waals surface area contributed by atoms with Crippen molar-refractivity contribution in [3.63, 3.8) is 0 Å². The Morgan fingerprint density at radius 1 is 0.978 bits per heavy atom. The number of benzene rings is 4. The van der Waals surface area contributed by atoms with Crippen molar-refractivity contribution in [3.8, 4) is 5.75 Å². The second-order valence-electron chi connectivity index (χ2n) is 10.6. The van der Waals surface area contributed by atoms with E-state index in [1.54, 1.807) is 48.5 Å². The van der Waals surface area contributed by atoms with Crippen molar-refractivity contribution in [1.82, 2.24) is 10.9 Å². The van der Waals surface area contributed by atoms with Crippen LogP contribution in [0.5, 0.6) is 5.75 Å². The van der Waals surface area contributed by atoms with Gasteiger partial charge in [0, 0.05) is 41.1 Å². The van der Waals surface area contributed by atoms with Gasteiger partial charge in [0.25, 0.3) is 5.91 Å². The molecule has 0 saturated carbocycles. The number of nitrogens with zero attached hydrogens (tertiary/aromatic N) is 1. The average molecular weight is 727 g/mol. The summed E-state index contributed by atoms with van der Waals surface area (Å²) in [6.07, 6.45) is -0.624. The second-order valence-corrected chi connectivity index (χ2v) is 14.1. The van der Waals surface area contributed by atoms with Crippen LogP contribution in [0.15, 0.2) is 117 Å². The maximum Gasteiger partial charge on any atom is 0.266 e. The van der Waals surface area contributed by atoms with E-state index in [2.05, 4.69) is 26.8 Å². The first-order valence-electron chi connectivity index (χ1n) is 14.6. The average Bonchev–Trinajstić information content (AvgIpc) is 3.47. The number of carbonyl (C=O) groups excluding carboxylic acids is 1.